The van der Waals surface area contributed by atoms with Crippen LogP contribution in [-0.2, 0) is 11.4 Å². The summed E-state index contributed by atoms with van der Waals surface area (Å²) in [4.78, 5) is 26.4. The van der Waals surface area contributed by atoms with Crippen LogP contribution in [0.5, 0.6) is 11.5 Å². The molecular weight excluding hydrogens is 522 g/mol. The number of benzene rings is 3. The predicted octanol–water partition coefficient (Wildman–Crippen LogP) is 5.66. The molecular formula is C25H17BrClN3O4. The van der Waals surface area contributed by atoms with E-state index < -0.39 is 11.9 Å². The fourth-order valence-electron chi connectivity index (χ4n) is 3.36. The van der Waals surface area contributed by atoms with Crippen molar-refractivity contribution < 1.29 is 19.1 Å². The van der Waals surface area contributed by atoms with Gasteiger partial charge in [0, 0.05) is 15.1 Å². The maximum absolute atomic E-state index is 12.9. The van der Waals surface area contributed by atoms with Gasteiger partial charge in [-0.3, -0.25) is 4.79 Å². The van der Waals surface area contributed by atoms with Crippen molar-refractivity contribution in [3.05, 3.63) is 92.5 Å². The predicted molar refractivity (Wildman–Crippen MR) is 132 cm³/mol. The lowest BCUT2D eigenvalue weighted by Crippen LogP contribution is -2.30. The minimum atomic E-state index is -0.558. The summed E-state index contributed by atoms with van der Waals surface area (Å²) in [5.41, 5.74) is 2.40. The zero-order valence-corrected chi connectivity index (χ0v) is 20.2. The van der Waals surface area contributed by atoms with Crippen molar-refractivity contribution in [2.45, 2.75) is 6.61 Å². The molecule has 0 aliphatic carbocycles. The van der Waals surface area contributed by atoms with Crippen molar-refractivity contribution in [3.8, 4) is 17.6 Å². The van der Waals surface area contributed by atoms with Crippen molar-refractivity contribution in [3.63, 3.8) is 0 Å². The number of carbonyl (C=O) groups is 2. The third-order valence-electron chi connectivity index (χ3n) is 5.07. The Labute approximate surface area is 209 Å². The van der Waals surface area contributed by atoms with Gasteiger partial charge in [0.1, 0.15) is 12.3 Å². The average molecular weight is 539 g/mol. The Morgan fingerprint density at radius 2 is 1.85 bits per heavy atom. The third-order valence-corrected chi connectivity index (χ3v) is 6.01. The molecule has 4 rings (SSSR count). The molecule has 0 atom stereocenters. The molecule has 9 heteroatoms. The van der Waals surface area contributed by atoms with Gasteiger partial charge in [-0.1, -0.05) is 45.7 Å². The molecule has 7 nitrogen and oxygen atoms in total. The first-order chi connectivity index (χ1) is 16.4. The van der Waals surface area contributed by atoms with Gasteiger partial charge in [0.05, 0.1) is 24.4 Å². The first-order valence-corrected chi connectivity index (χ1v) is 11.2. The highest BCUT2D eigenvalue weighted by atomic mass is 79.9. The molecule has 1 heterocycles. The van der Waals surface area contributed by atoms with Crippen molar-refractivity contribution >= 4 is 51.2 Å². The number of hydrogen-bond donors (Lipinski definition) is 1. The van der Waals surface area contributed by atoms with E-state index in [2.05, 4.69) is 27.3 Å². The summed E-state index contributed by atoms with van der Waals surface area (Å²) in [5.74, 6) is 0.385. The van der Waals surface area contributed by atoms with Crippen LogP contribution in [0.15, 0.2) is 70.8 Å². The molecule has 1 saturated heterocycles. The van der Waals surface area contributed by atoms with Crippen LogP contribution in [0.25, 0.3) is 6.08 Å². The number of nitriles is 1. The Bertz CT molecular complexity index is 1350. The van der Waals surface area contributed by atoms with Gasteiger partial charge in [-0.2, -0.15) is 5.26 Å². The Morgan fingerprint density at radius 1 is 1.12 bits per heavy atom. The van der Waals surface area contributed by atoms with E-state index in [-0.39, 0.29) is 12.3 Å². The first kappa shape index (κ1) is 23.4. The number of amides is 3. The monoisotopic (exact) mass is 537 g/mol. The van der Waals surface area contributed by atoms with E-state index in [9.17, 15) is 14.9 Å². The van der Waals surface area contributed by atoms with Crippen LogP contribution < -0.4 is 19.7 Å². The van der Waals surface area contributed by atoms with E-state index in [4.69, 9.17) is 21.1 Å². The lowest BCUT2D eigenvalue weighted by atomic mass is 10.1. The van der Waals surface area contributed by atoms with Crippen molar-refractivity contribution in [2.24, 2.45) is 0 Å². The van der Waals surface area contributed by atoms with Crippen molar-refractivity contribution in [1.29, 1.82) is 5.26 Å². The SMILES string of the molecule is COc1cc(/C=C2/NC(=O)N(c3ccc(Cl)cc3)C2=O)c(Br)cc1OCc1ccccc1C#N. The highest BCUT2D eigenvalue weighted by Crippen LogP contribution is 2.36. The van der Waals surface area contributed by atoms with E-state index in [1.807, 2.05) is 12.1 Å². The Balaban J connectivity index is 1.59. The van der Waals surface area contributed by atoms with Gasteiger partial charge < -0.3 is 14.8 Å². The molecule has 0 spiro atoms. The smallest absolute Gasteiger partial charge is 0.333 e. The summed E-state index contributed by atoms with van der Waals surface area (Å²) in [6, 6.07) is 18.5. The molecule has 3 aromatic rings. The highest BCUT2D eigenvalue weighted by Gasteiger charge is 2.35. The van der Waals surface area contributed by atoms with Gasteiger partial charge in [-0.15, -0.1) is 0 Å². The minimum Gasteiger partial charge on any atom is -0.493 e. The zero-order valence-electron chi connectivity index (χ0n) is 17.8. The Morgan fingerprint density at radius 3 is 2.56 bits per heavy atom. The van der Waals surface area contributed by atoms with Crippen molar-refractivity contribution in [1.82, 2.24) is 5.32 Å². The molecule has 3 amide bonds. The number of carbonyl (C=O) groups excluding carboxylic acids is 2. The summed E-state index contributed by atoms with van der Waals surface area (Å²) in [6.45, 7) is 0.178. The molecule has 1 N–H and O–H groups in total. The van der Waals surface area contributed by atoms with E-state index >= 15 is 0 Å². The Hall–Kier alpha value is -3.80. The zero-order chi connectivity index (χ0) is 24.2. The van der Waals surface area contributed by atoms with E-state index in [0.29, 0.717) is 37.8 Å². The lowest BCUT2D eigenvalue weighted by molar-refractivity contribution is -0.113. The molecule has 0 saturated carbocycles. The minimum absolute atomic E-state index is 0.110. The number of halogens is 2. The lowest BCUT2D eigenvalue weighted by Gasteiger charge is -2.14. The van der Waals surface area contributed by atoms with Crippen molar-refractivity contribution in [2.75, 3.05) is 12.0 Å². The number of anilines is 1. The van der Waals surface area contributed by atoms with Gasteiger partial charge in [0.25, 0.3) is 5.91 Å². The van der Waals surface area contributed by atoms with Crippen LogP contribution in [0, 0.1) is 11.3 Å². The highest BCUT2D eigenvalue weighted by molar-refractivity contribution is 9.10. The molecule has 0 radical (unpaired) electrons. The van der Waals surface area contributed by atoms with Gasteiger partial charge in [0.2, 0.25) is 0 Å². The fourth-order valence-corrected chi connectivity index (χ4v) is 3.92. The summed E-state index contributed by atoms with van der Waals surface area (Å²) < 4.78 is 12.0. The summed E-state index contributed by atoms with van der Waals surface area (Å²) in [7, 11) is 1.50. The quantitative estimate of drug-likeness (QED) is 0.323. The number of imide groups is 1. The topological polar surface area (TPSA) is 91.7 Å². The largest absolute Gasteiger partial charge is 0.493 e. The molecule has 170 valence electrons. The van der Waals surface area contributed by atoms with Crippen LogP contribution in [0.1, 0.15) is 16.7 Å². The second-order valence-corrected chi connectivity index (χ2v) is 8.48. The number of nitrogens with one attached hydrogen (secondary N) is 1. The first-order valence-electron chi connectivity index (χ1n) is 10.0. The maximum Gasteiger partial charge on any atom is 0.333 e. The molecule has 0 unspecified atom stereocenters. The normalized spacial score (nSPS) is 14.2. The maximum atomic E-state index is 12.9. The molecule has 3 aromatic carbocycles. The third kappa shape index (κ3) is 4.76. The molecule has 1 fully saturated rings. The van der Waals surface area contributed by atoms with Crippen LogP contribution in [0.4, 0.5) is 10.5 Å². The number of rotatable bonds is 6. The van der Waals surface area contributed by atoms with Gasteiger partial charge in [0.15, 0.2) is 11.5 Å². The number of nitrogens with zero attached hydrogens (tertiary/aromatic N) is 2. The summed E-state index contributed by atoms with van der Waals surface area (Å²) >= 11 is 9.39. The molecule has 0 aromatic heterocycles. The van der Waals surface area contributed by atoms with Gasteiger partial charge >= 0.3 is 6.03 Å². The molecule has 1 aliphatic heterocycles. The van der Waals surface area contributed by atoms with E-state index in [1.165, 1.54) is 7.11 Å². The number of urea groups is 1. The molecule has 34 heavy (non-hydrogen) atoms. The fraction of sp³-hybridized carbons (Fsp3) is 0.0800. The van der Waals surface area contributed by atoms with E-state index in [0.717, 1.165) is 10.5 Å². The number of ether oxygens (including phenoxy) is 2. The second kappa shape index (κ2) is 10.00. The second-order valence-electron chi connectivity index (χ2n) is 7.19. The number of methoxy groups -OCH3 is 1. The van der Waals surface area contributed by atoms with Crippen LogP contribution >= 0.6 is 27.5 Å². The van der Waals surface area contributed by atoms with Gasteiger partial charge in [-0.05, 0) is 54.1 Å². The van der Waals surface area contributed by atoms with Crippen LogP contribution in [0.2, 0.25) is 5.02 Å². The average Bonchev–Trinajstić information content (AvgIpc) is 3.12. The van der Waals surface area contributed by atoms with Crippen LogP contribution in [-0.4, -0.2) is 19.0 Å². The van der Waals surface area contributed by atoms with Gasteiger partial charge in [-0.25, -0.2) is 9.69 Å². The summed E-state index contributed by atoms with van der Waals surface area (Å²) in [6.07, 6.45) is 1.55. The Kier molecular flexibility index (Phi) is 6.87. The van der Waals surface area contributed by atoms with Crippen LogP contribution in [0.3, 0.4) is 0 Å². The molecule has 0 bridgehead atoms. The summed E-state index contributed by atoms with van der Waals surface area (Å²) in [5, 5.41) is 12.4. The molecule has 1 aliphatic rings. The number of hydrogen-bond acceptors (Lipinski definition) is 5. The standard InChI is InChI=1S/C25H17BrClN3O4/c1-33-22-11-17(20(26)12-23(22)34-14-16-5-3-2-4-15(16)13-28)10-21-24(31)30(25(32)29-21)19-8-6-18(27)7-9-19/h2-12H,14H2,1H3,(H,29,32)/b21-10+. The van der Waals surface area contributed by atoms with E-state index in [1.54, 1.807) is 54.6 Å².